The molecule has 1 aromatic carbocycles. The average molecular weight is 356 g/mol. The third-order valence-electron chi connectivity index (χ3n) is 2.07. The molecule has 0 heterocycles. The normalized spacial score (nSPS) is 11.2. The van der Waals surface area contributed by atoms with E-state index in [4.69, 9.17) is 5.26 Å². The number of carbonyl (C=O) groups excluding carboxylic acids is 1. The molecule has 0 aliphatic rings. The van der Waals surface area contributed by atoms with Crippen LogP contribution in [0.4, 0.5) is 0 Å². The van der Waals surface area contributed by atoms with Crippen LogP contribution in [-0.2, 0) is 4.79 Å². The van der Waals surface area contributed by atoms with Gasteiger partial charge in [-0.3, -0.25) is 4.79 Å². The number of halogens is 1. The van der Waals surface area contributed by atoms with Crippen LogP contribution in [0.1, 0.15) is 19.4 Å². The van der Waals surface area contributed by atoms with Gasteiger partial charge in [-0.1, -0.05) is 6.07 Å². The number of nitrogens with zero attached hydrogens (tertiary/aromatic N) is 1. The van der Waals surface area contributed by atoms with E-state index in [1.165, 1.54) is 12.1 Å². The highest BCUT2D eigenvalue weighted by molar-refractivity contribution is 14.1. The maximum absolute atomic E-state index is 11.7. The van der Waals surface area contributed by atoms with Crippen LogP contribution in [0.3, 0.4) is 0 Å². The number of aromatic hydroxyl groups is 1. The van der Waals surface area contributed by atoms with Gasteiger partial charge in [0.2, 0.25) is 0 Å². The molecule has 4 nitrogen and oxygen atoms in total. The number of phenols is 1. The van der Waals surface area contributed by atoms with Crippen molar-refractivity contribution >= 4 is 34.6 Å². The van der Waals surface area contributed by atoms with Crippen molar-refractivity contribution in [3.05, 3.63) is 32.9 Å². The van der Waals surface area contributed by atoms with Gasteiger partial charge < -0.3 is 10.4 Å². The molecule has 18 heavy (non-hydrogen) atoms. The number of nitrogens with one attached hydrogen (secondary N) is 1. The molecule has 0 unspecified atom stereocenters. The van der Waals surface area contributed by atoms with E-state index in [9.17, 15) is 9.90 Å². The Kier molecular flexibility index (Phi) is 5.16. The molecule has 0 aromatic heterocycles. The van der Waals surface area contributed by atoms with Gasteiger partial charge in [-0.2, -0.15) is 5.26 Å². The summed E-state index contributed by atoms with van der Waals surface area (Å²) in [7, 11) is 0. The van der Waals surface area contributed by atoms with Crippen LogP contribution in [-0.4, -0.2) is 17.1 Å². The summed E-state index contributed by atoms with van der Waals surface area (Å²) in [6.07, 6.45) is 1.50. The molecule has 0 bridgehead atoms. The van der Waals surface area contributed by atoms with Gasteiger partial charge in [0.15, 0.2) is 0 Å². The summed E-state index contributed by atoms with van der Waals surface area (Å²) < 4.78 is 0.669. The predicted octanol–water partition coefficient (Wildman–Crippen LogP) is 2.43. The lowest BCUT2D eigenvalue weighted by Gasteiger charge is -2.07. The van der Waals surface area contributed by atoms with E-state index < -0.39 is 5.91 Å². The Balaban J connectivity index is 3.01. The van der Waals surface area contributed by atoms with Crippen molar-refractivity contribution in [2.75, 3.05) is 0 Å². The summed E-state index contributed by atoms with van der Waals surface area (Å²) in [5.41, 5.74) is 0.748. The number of hydrogen-bond donors (Lipinski definition) is 2. The lowest BCUT2D eigenvalue weighted by Crippen LogP contribution is -2.30. The van der Waals surface area contributed by atoms with E-state index in [-0.39, 0.29) is 17.4 Å². The second-order valence-electron chi connectivity index (χ2n) is 4.01. The summed E-state index contributed by atoms with van der Waals surface area (Å²) in [6.45, 7) is 3.66. The molecule has 2 N–H and O–H groups in total. The number of rotatable bonds is 3. The second kappa shape index (κ2) is 6.40. The van der Waals surface area contributed by atoms with Crippen LogP contribution in [0.15, 0.2) is 23.8 Å². The van der Waals surface area contributed by atoms with E-state index in [0.717, 1.165) is 0 Å². The van der Waals surface area contributed by atoms with Crippen molar-refractivity contribution in [3.63, 3.8) is 0 Å². The molecule has 0 fully saturated rings. The van der Waals surface area contributed by atoms with E-state index in [1.54, 1.807) is 12.1 Å². The smallest absolute Gasteiger partial charge is 0.262 e. The SMILES string of the molecule is CC(C)NC(=O)/C(C#N)=C/c1ccc(O)c(I)c1. The van der Waals surface area contributed by atoms with Gasteiger partial charge >= 0.3 is 0 Å². The first kappa shape index (κ1) is 14.5. The van der Waals surface area contributed by atoms with Crippen molar-refractivity contribution in [1.82, 2.24) is 5.32 Å². The Bertz CT molecular complexity index is 530. The lowest BCUT2D eigenvalue weighted by molar-refractivity contribution is -0.117. The molecule has 1 aromatic rings. The van der Waals surface area contributed by atoms with E-state index in [2.05, 4.69) is 5.32 Å². The first-order chi connectivity index (χ1) is 8.43. The molecule has 94 valence electrons. The van der Waals surface area contributed by atoms with E-state index in [0.29, 0.717) is 9.13 Å². The highest BCUT2D eigenvalue weighted by atomic mass is 127. The van der Waals surface area contributed by atoms with Gasteiger partial charge in [0.25, 0.3) is 5.91 Å². The Labute approximate surface area is 119 Å². The minimum atomic E-state index is -0.393. The lowest BCUT2D eigenvalue weighted by atomic mass is 10.1. The van der Waals surface area contributed by atoms with Crippen molar-refractivity contribution in [1.29, 1.82) is 5.26 Å². The number of phenolic OH excluding ortho intramolecular Hbond substituents is 1. The van der Waals surface area contributed by atoms with Gasteiger partial charge in [-0.25, -0.2) is 0 Å². The zero-order valence-corrected chi connectivity index (χ0v) is 12.2. The predicted molar refractivity (Wildman–Crippen MR) is 77.7 cm³/mol. The van der Waals surface area contributed by atoms with E-state index in [1.807, 2.05) is 42.5 Å². The molecule has 0 saturated heterocycles. The third-order valence-corrected chi connectivity index (χ3v) is 2.93. The Morgan fingerprint density at radius 3 is 2.72 bits per heavy atom. The quantitative estimate of drug-likeness (QED) is 0.496. The summed E-state index contributed by atoms with van der Waals surface area (Å²) >= 11 is 1.98. The molecule has 5 heteroatoms. The van der Waals surface area contributed by atoms with Crippen LogP contribution in [0, 0.1) is 14.9 Å². The van der Waals surface area contributed by atoms with Crippen molar-refractivity contribution in [2.24, 2.45) is 0 Å². The number of carbonyl (C=O) groups is 1. The zero-order valence-electron chi connectivity index (χ0n) is 10.1. The van der Waals surface area contributed by atoms with Gasteiger partial charge in [0, 0.05) is 6.04 Å². The molecular formula is C13H13IN2O2. The van der Waals surface area contributed by atoms with Crippen LogP contribution >= 0.6 is 22.6 Å². The van der Waals surface area contributed by atoms with Crippen LogP contribution in [0.25, 0.3) is 6.08 Å². The summed E-state index contributed by atoms with van der Waals surface area (Å²) in [6, 6.07) is 6.74. The van der Waals surface area contributed by atoms with Gasteiger partial charge in [-0.05, 0) is 60.2 Å². The summed E-state index contributed by atoms with van der Waals surface area (Å²) in [5.74, 6) is -0.214. The standard InChI is InChI=1S/C13H13IN2O2/c1-8(2)16-13(18)10(7-15)5-9-3-4-12(17)11(14)6-9/h3-6,8,17H,1-2H3,(H,16,18)/b10-5+. The number of nitriles is 1. The van der Waals surface area contributed by atoms with Crippen molar-refractivity contribution in [3.8, 4) is 11.8 Å². The molecule has 0 atom stereocenters. The molecule has 0 aliphatic heterocycles. The van der Waals surface area contributed by atoms with Crippen LogP contribution < -0.4 is 5.32 Å². The first-order valence-corrected chi connectivity index (χ1v) is 6.43. The number of amides is 1. The first-order valence-electron chi connectivity index (χ1n) is 5.35. The Morgan fingerprint density at radius 2 is 2.22 bits per heavy atom. The fourth-order valence-electron chi connectivity index (χ4n) is 1.27. The number of benzene rings is 1. The fraction of sp³-hybridized carbons (Fsp3) is 0.231. The zero-order chi connectivity index (χ0) is 13.7. The minimum absolute atomic E-state index is 0.0193. The fourth-order valence-corrected chi connectivity index (χ4v) is 1.81. The second-order valence-corrected chi connectivity index (χ2v) is 5.17. The molecule has 0 aliphatic carbocycles. The highest BCUT2D eigenvalue weighted by Gasteiger charge is 2.10. The van der Waals surface area contributed by atoms with Crippen LogP contribution in [0.2, 0.25) is 0 Å². The molecule has 0 spiro atoms. The Morgan fingerprint density at radius 1 is 1.56 bits per heavy atom. The third kappa shape index (κ3) is 4.04. The van der Waals surface area contributed by atoms with Gasteiger partial charge in [0.1, 0.15) is 17.4 Å². The summed E-state index contributed by atoms with van der Waals surface area (Å²) in [5, 5.41) is 21.0. The monoisotopic (exact) mass is 356 g/mol. The highest BCUT2D eigenvalue weighted by Crippen LogP contribution is 2.21. The largest absolute Gasteiger partial charge is 0.507 e. The van der Waals surface area contributed by atoms with Gasteiger partial charge in [0.05, 0.1) is 3.57 Å². The summed E-state index contributed by atoms with van der Waals surface area (Å²) in [4.78, 5) is 11.7. The molecule has 0 radical (unpaired) electrons. The molecular weight excluding hydrogens is 343 g/mol. The Hall–Kier alpha value is -1.55. The maximum atomic E-state index is 11.7. The van der Waals surface area contributed by atoms with Crippen molar-refractivity contribution in [2.45, 2.75) is 19.9 Å². The molecule has 0 saturated carbocycles. The maximum Gasteiger partial charge on any atom is 0.262 e. The molecule has 1 amide bonds. The topological polar surface area (TPSA) is 73.1 Å². The minimum Gasteiger partial charge on any atom is -0.507 e. The van der Waals surface area contributed by atoms with Crippen LogP contribution in [0.5, 0.6) is 5.75 Å². The van der Waals surface area contributed by atoms with Crippen molar-refractivity contribution < 1.29 is 9.90 Å². The number of hydrogen-bond acceptors (Lipinski definition) is 3. The molecule has 1 rings (SSSR count). The average Bonchev–Trinajstić information content (AvgIpc) is 2.29. The van der Waals surface area contributed by atoms with Gasteiger partial charge in [-0.15, -0.1) is 0 Å². The van der Waals surface area contributed by atoms with E-state index >= 15 is 0 Å².